The van der Waals surface area contributed by atoms with Crippen LogP contribution in [0.5, 0.6) is 0 Å². The summed E-state index contributed by atoms with van der Waals surface area (Å²) in [6, 6.07) is 65.1. The van der Waals surface area contributed by atoms with Crippen molar-refractivity contribution in [3.05, 3.63) is 347 Å². The van der Waals surface area contributed by atoms with Gasteiger partial charge < -0.3 is 64.9 Å². The number of aryl methyl sites for hydroxylation is 6. The van der Waals surface area contributed by atoms with Gasteiger partial charge in [-0.3, -0.25) is 34.6 Å². The Labute approximate surface area is 821 Å². The van der Waals surface area contributed by atoms with E-state index in [0.29, 0.717) is 85.7 Å². The largest absolute Gasteiger partial charge is 0.394 e. The van der Waals surface area contributed by atoms with Crippen molar-refractivity contribution < 1.29 is 28.3 Å². The summed E-state index contributed by atoms with van der Waals surface area (Å²) in [7, 11) is 1.71. The van der Waals surface area contributed by atoms with Gasteiger partial charge in [0.2, 0.25) is 11.8 Å². The molecule has 4 atom stereocenters. The van der Waals surface area contributed by atoms with Crippen molar-refractivity contribution in [2.24, 2.45) is 18.9 Å². The van der Waals surface area contributed by atoms with Crippen molar-refractivity contribution in [3.8, 4) is 62.4 Å². The lowest BCUT2D eigenvalue weighted by molar-refractivity contribution is -0.118. The van der Waals surface area contributed by atoms with Crippen LogP contribution in [0.3, 0.4) is 0 Å². The Morgan fingerprint density at radius 1 is 0.438 bits per heavy atom. The van der Waals surface area contributed by atoms with Crippen LogP contribution in [0.4, 0.5) is 88.8 Å². The highest BCUT2D eigenvalue weighted by Crippen LogP contribution is 2.49. The summed E-state index contributed by atoms with van der Waals surface area (Å²) >= 11 is 0. The number of carbonyl (C=O) groups excluding carboxylic acids is 3. The molecule has 2 aliphatic carbocycles. The van der Waals surface area contributed by atoms with Crippen LogP contribution in [0.15, 0.2) is 285 Å². The highest BCUT2D eigenvalue weighted by Gasteiger charge is 2.46. The number of hydrogen-bond acceptors (Lipinski definition) is 26. The Bertz CT molecular complexity index is 8220. The first kappa shape index (κ1) is 95.1. The van der Waals surface area contributed by atoms with E-state index in [1.807, 2.05) is 179 Å². The molecule has 2 fully saturated rings. The van der Waals surface area contributed by atoms with Crippen LogP contribution in [0.25, 0.3) is 110 Å². The van der Waals surface area contributed by atoms with Gasteiger partial charge in [-0.2, -0.15) is 20.6 Å². The Morgan fingerprint density at radius 3 is 1.23 bits per heavy atom. The number of urea groups is 1. The molecular formula is C108H95F2N29O5. The molecule has 14 heterocycles. The number of hydrogen-bond donors (Lipinski definition) is 14. The predicted molar refractivity (Wildman–Crippen MR) is 558 cm³/mol. The summed E-state index contributed by atoms with van der Waals surface area (Å²) in [5.41, 5.74) is 47.3. The predicted octanol–water partition coefficient (Wildman–Crippen LogP) is 19.0. The number of nitrogen functional groups attached to an aromatic ring is 5. The summed E-state index contributed by atoms with van der Waals surface area (Å²) in [5.74, 6) is 2.64. The number of aliphatic hydroxyl groups is 1. The van der Waals surface area contributed by atoms with E-state index >= 15 is 8.78 Å². The minimum absolute atomic E-state index is 0.0449. The molecule has 0 aliphatic heterocycles. The van der Waals surface area contributed by atoms with Crippen LogP contribution in [-0.2, 0) is 23.2 Å². The number of para-hydroxylation sites is 1. The molecule has 144 heavy (non-hydrogen) atoms. The Kier molecular flexibility index (Phi) is 27.5. The first-order chi connectivity index (χ1) is 69.7. The third kappa shape index (κ3) is 21.3. The zero-order valence-corrected chi connectivity index (χ0v) is 78.6. The van der Waals surface area contributed by atoms with Crippen molar-refractivity contribution >= 4 is 147 Å². The van der Waals surface area contributed by atoms with Crippen LogP contribution < -0.4 is 66.1 Å². The highest BCUT2D eigenvalue weighted by atomic mass is 19.1. The number of rotatable bonds is 19. The van der Waals surface area contributed by atoms with Gasteiger partial charge in [-0.1, -0.05) is 133 Å². The average molecular weight is 1920 g/mol. The molecule has 4 amide bonds. The molecule has 716 valence electrons. The molecule has 34 nitrogen and oxygen atoms in total. The first-order valence-corrected chi connectivity index (χ1v) is 45.7. The number of aromatic amines is 2. The van der Waals surface area contributed by atoms with Gasteiger partial charge in [0.15, 0.2) is 11.6 Å². The van der Waals surface area contributed by atoms with Gasteiger partial charge in [-0.25, -0.2) is 63.4 Å². The average Bonchev–Trinajstić information content (AvgIpc) is 1.32. The molecule has 0 spiro atoms. The number of pyridine rings is 11. The number of nitrogens with two attached hydrogens (primary N) is 5. The van der Waals surface area contributed by atoms with Gasteiger partial charge in [0, 0.05) is 152 Å². The second-order valence-corrected chi connectivity index (χ2v) is 34.7. The van der Waals surface area contributed by atoms with Crippen LogP contribution in [0.2, 0.25) is 0 Å². The number of fused-ring (bicyclic) bond motifs is 5. The maximum atomic E-state index is 15.4. The normalized spacial score (nSPS) is 13.7. The number of anilines is 13. The lowest BCUT2D eigenvalue weighted by atomic mass is 10.0. The molecule has 22 rings (SSSR count). The maximum Gasteiger partial charge on any atom is 0.324 e. The van der Waals surface area contributed by atoms with Crippen LogP contribution >= 0.6 is 0 Å². The highest BCUT2D eigenvalue weighted by molar-refractivity contribution is 6.05. The Morgan fingerprint density at radius 2 is 0.819 bits per heavy atom. The number of nitrogens with one attached hydrogen (secondary N) is 8. The van der Waals surface area contributed by atoms with E-state index in [4.69, 9.17) is 39.0 Å². The van der Waals surface area contributed by atoms with Crippen molar-refractivity contribution in [2.75, 3.05) is 67.2 Å². The molecule has 0 radical (unpaired) electrons. The fraction of sp³-hybridized carbons (Fsp3) is 0.130. The van der Waals surface area contributed by atoms with E-state index in [1.165, 1.54) is 35.2 Å². The third-order valence-electron chi connectivity index (χ3n) is 24.8. The fourth-order valence-electron chi connectivity index (χ4n) is 16.9. The van der Waals surface area contributed by atoms with Crippen molar-refractivity contribution in [1.82, 2.24) is 84.6 Å². The van der Waals surface area contributed by atoms with E-state index in [-0.39, 0.29) is 93.1 Å². The SMILES string of the molecule is Cc1ccccc1-c1cc2cc(NC(=O)Nc3ccccc3C#N)ncc2c(N)n1.Cc1ccccc1-c1cc2cc(Nc3ccn(C)c(=O)c3)ncc2c(N)n1.Cc1ccccc1-c1cc2cc(Nc3cnn(CCO)c3)ncc2c(N)n1.Cc1ccccc1-c1nc(N)c2cnc(NC(=O)[C@@H]3C[C@H]3c3cn[nH]c3)cc2c1F.Cc1ccccc1-c1nc(N)c2cnc(NC(=O)[C@H]3C[C@@H]3c3cn[nH]c3)cc2c1F. The number of benzene rings is 6. The molecule has 19 N–H and O–H groups in total. The molecule has 0 unspecified atom stereocenters. The van der Waals surface area contributed by atoms with Gasteiger partial charge in [0.05, 0.1) is 65.8 Å². The minimum atomic E-state index is -0.495. The van der Waals surface area contributed by atoms with Crippen LogP contribution in [0, 0.1) is 69.4 Å². The number of carbonyl (C=O) groups is 3. The van der Waals surface area contributed by atoms with Crippen molar-refractivity contribution in [3.63, 3.8) is 0 Å². The number of amides is 4. The molecular weight excluding hydrogens is 1820 g/mol. The molecule has 2 saturated carbocycles. The second-order valence-electron chi connectivity index (χ2n) is 34.7. The zero-order chi connectivity index (χ0) is 101. The van der Waals surface area contributed by atoms with E-state index in [2.05, 4.69) is 120 Å². The topological polar surface area (TPSA) is 524 Å². The Balaban J connectivity index is 0.000000119. The van der Waals surface area contributed by atoms with E-state index in [1.54, 1.807) is 110 Å². The van der Waals surface area contributed by atoms with Gasteiger partial charge in [-0.15, -0.1) is 0 Å². The van der Waals surface area contributed by atoms with E-state index in [9.17, 15) is 19.2 Å². The van der Waals surface area contributed by atoms with Gasteiger partial charge in [0.25, 0.3) is 5.56 Å². The lowest BCUT2D eigenvalue weighted by Crippen LogP contribution is -2.20. The minimum Gasteiger partial charge on any atom is -0.394 e. The standard InChI is InChI=1S/C23H18N6O.2C22H19FN6O.C21H19N5O.C20H20N6O/c1-14-6-2-4-8-17(14)20-10-16-11-21(26-13-18(16)22(25)27-20)29-23(30)28-19-9-5-3-7-15(19)12-24;2*1-11-4-2-3-5-13(11)20-19(23)15-7-18(25-10-17(15)21(24)29-20)28-22(30)16-6-14(16)12-8-26-27-9-12;1-13-5-3-4-6-16(13)18-9-14-10-19(23-12-17(14)21(22)25-18)24-15-7-8-26(2)20(27)11-15;1-13-4-2-3-5-16(13)18-8-14-9-19(22-11-17(14)20(21)25-18)24-15-10-23-26(12-15)6-7-27/h2-11,13H,1H3,(H2,25,27)(H2,26,28,29,30);2*2-5,7-10,14,16H,6H2,1H3,(H2,24,29)(H,26,27)(H,25,28,30);3-12H,1-2H3,(H2,22,25)(H,23,24);2-5,8-12,27H,6-7H2,1H3,(H2,21,25)(H,22,24)/t;2*14-,16+;;/m.10../s1. The molecule has 20 aromatic rings. The number of nitriles is 1. The number of H-pyrrole nitrogens is 2. The third-order valence-corrected chi connectivity index (χ3v) is 24.8. The number of halogens is 2. The summed E-state index contributed by atoms with van der Waals surface area (Å²) in [6.07, 6.45) is 21.7. The van der Waals surface area contributed by atoms with Gasteiger partial charge >= 0.3 is 6.03 Å². The summed E-state index contributed by atoms with van der Waals surface area (Å²) in [4.78, 5) is 93.0. The van der Waals surface area contributed by atoms with Gasteiger partial charge in [-0.05, 0) is 181 Å². The van der Waals surface area contributed by atoms with Gasteiger partial charge in [0.1, 0.15) is 75.6 Å². The maximum absolute atomic E-state index is 15.4. The first-order valence-electron chi connectivity index (χ1n) is 45.7. The fourth-order valence-corrected chi connectivity index (χ4v) is 16.9. The van der Waals surface area contributed by atoms with Crippen LogP contribution in [-0.4, -0.2) is 114 Å². The van der Waals surface area contributed by atoms with Crippen LogP contribution in [0.1, 0.15) is 69.2 Å². The summed E-state index contributed by atoms with van der Waals surface area (Å²) < 4.78 is 33.9. The van der Waals surface area contributed by atoms with Crippen molar-refractivity contribution in [2.45, 2.75) is 65.8 Å². The number of nitrogens with zero attached hydrogens (tertiary/aromatic N) is 16. The van der Waals surface area contributed by atoms with E-state index < -0.39 is 17.7 Å². The summed E-state index contributed by atoms with van der Waals surface area (Å²) in [6.45, 7) is 10.4. The monoisotopic (exact) mass is 1920 g/mol. The quantitative estimate of drug-likeness (QED) is 0.0357. The van der Waals surface area contributed by atoms with E-state index in [0.717, 1.165) is 118 Å². The number of aliphatic hydroxyl groups excluding tert-OH is 1. The van der Waals surface area contributed by atoms with Crippen molar-refractivity contribution in [1.29, 1.82) is 5.26 Å². The molecule has 0 saturated heterocycles. The second kappa shape index (κ2) is 41.6. The summed E-state index contributed by atoms with van der Waals surface area (Å²) in [5, 5.41) is 59.4. The zero-order valence-electron chi connectivity index (χ0n) is 78.6. The smallest absolute Gasteiger partial charge is 0.324 e. The Hall–Kier alpha value is -19.2. The lowest BCUT2D eigenvalue weighted by Gasteiger charge is -2.12. The molecule has 14 aromatic heterocycles. The number of aromatic nitrogens is 17. The molecule has 0 bridgehead atoms. The molecule has 2 aliphatic rings. The molecule has 36 heteroatoms. The molecule has 6 aromatic carbocycles.